The number of furan rings is 2. The van der Waals surface area contributed by atoms with Crippen molar-refractivity contribution >= 4 is 99.0 Å². The second-order valence-corrected chi connectivity index (χ2v) is 13.7. The van der Waals surface area contributed by atoms with Crippen LogP contribution in [0, 0.1) is 0 Å². The van der Waals surface area contributed by atoms with E-state index in [-0.39, 0.29) is 0 Å². The van der Waals surface area contributed by atoms with Gasteiger partial charge >= 0.3 is 0 Å². The van der Waals surface area contributed by atoms with Gasteiger partial charge in [-0.15, -0.1) is 0 Å². The molecule has 0 radical (unpaired) electrons. The van der Waals surface area contributed by atoms with Gasteiger partial charge in [0, 0.05) is 66.2 Å². The van der Waals surface area contributed by atoms with Crippen LogP contribution >= 0.6 is 0 Å². The van der Waals surface area contributed by atoms with Crippen molar-refractivity contribution in [3.63, 3.8) is 0 Å². The zero-order valence-corrected chi connectivity index (χ0v) is 27.9. The third kappa shape index (κ3) is 3.81. The molecule has 0 N–H and O–H groups in total. The molecular formula is C48H28N2O2. The Balaban J connectivity index is 1.04. The molecule has 0 bridgehead atoms. The molecule has 0 unspecified atom stereocenters. The Morgan fingerprint density at radius 1 is 0.327 bits per heavy atom. The van der Waals surface area contributed by atoms with Gasteiger partial charge in [0.15, 0.2) is 0 Å². The van der Waals surface area contributed by atoms with Gasteiger partial charge in [-0.2, -0.15) is 0 Å². The number of fused-ring (bicyclic) bond motifs is 12. The fraction of sp³-hybridized carbons (Fsp3) is 0. The molecule has 242 valence electrons. The zero-order chi connectivity index (χ0) is 33.9. The molecule has 4 heteroatoms. The topological polar surface area (TPSA) is 33.9 Å². The molecule has 8 aromatic carbocycles. The third-order valence-electron chi connectivity index (χ3n) is 10.9. The maximum atomic E-state index is 6.37. The molecule has 0 saturated carbocycles. The van der Waals surface area contributed by atoms with Gasteiger partial charge in [-0.25, -0.2) is 0 Å². The molecule has 4 aromatic heterocycles. The number of aromatic nitrogens is 1. The summed E-state index contributed by atoms with van der Waals surface area (Å²) < 4.78 is 15.0. The van der Waals surface area contributed by atoms with Gasteiger partial charge in [-0.1, -0.05) is 84.9 Å². The molecule has 0 amide bonds. The lowest BCUT2D eigenvalue weighted by atomic mass is 9.99. The van der Waals surface area contributed by atoms with E-state index >= 15 is 0 Å². The van der Waals surface area contributed by atoms with E-state index in [1.165, 1.54) is 49.2 Å². The smallest absolute Gasteiger partial charge is 0.137 e. The fourth-order valence-corrected chi connectivity index (χ4v) is 8.57. The minimum Gasteiger partial charge on any atom is -0.456 e. The van der Waals surface area contributed by atoms with Crippen molar-refractivity contribution < 1.29 is 8.83 Å². The van der Waals surface area contributed by atoms with E-state index in [2.05, 4.69) is 155 Å². The van der Waals surface area contributed by atoms with Crippen LogP contribution < -0.4 is 4.90 Å². The fourth-order valence-electron chi connectivity index (χ4n) is 8.57. The van der Waals surface area contributed by atoms with Gasteiger partial charge in [0.05, 0.1) is 16.6 Å². The van der Waals surface area contributed by atoms with Crippen LogP contribution in [-0.4, -0.2) is 4.40 Å². The molecule has 12 rings (SSSR count). The second kappa shape index (κ2) is 10.3. The van der Waals surface area contributed by atoms with Crippen LogP contribution in [0.4, 0.5) is 17.1 Å². The SMILES string of the molecule is c1ccc2c(c1)oc1cc(N(c3ccc(-c4cc5c6ccccc6n6c7ccccc7c(c4)c56)cc3)c3ccc4oc5ccccc5c4c3)ccc12. The maximum absolute atomic E-state index is 6.37. The van der Waals surface area contributed by atoms with E-state index in [4.69, 9.17) is 8.83 Å². The average molecular weight is 665 g/mol. The van der Waals surface area contributed by atoms with Gasteiger partial charge in [0.1, 0.15) is 22.3 Å². The summed E-state index contributed by atoms with van der Waals surface area (Å²) in [6.07, 6.45) is 0. The highest BCUT2D eigenvalue weighted by Crippen LogP contribution is 2.44. The maximum Gasteiger partial charge on any atom is 0.137 e. The Morgan fingerprint density at radius 3 is 1.52 bits per heavy atom. The van der Waals surface area contributed by atoms with Gasteiger partial charge in [0.25, 0.3) is 0 Å². The lowest BCUT2D eigenvalue weighted by molar-refractivity contribution is 0.668. The molecule has 12 aromatic rings. The lowest BCUT2D eigenvalue weighted by Crippen LogP contribution is -2.09. The van der Waals surface area contributed by atoms with Crippen molar-refractivity contribution in [1.82, 2.24) is 4.40 Å². The minimum absolute atomic E-state index is 0.862. The van der Waals surface area contributed by atoms with E-state index in [1.807, 2.05) is 24.3 Å². The van der Waals surface area contributed by atoms with E-state index in [1.54, 1.807) is 0 Å². The van der Waals surface area contributed by atoms with E-state index in [0.29, 0.717) is 0 Å². The van der Waals surface area contributed by atoms with Crippen LogP contribution in [0.15, 0.2) is 179 Å². The Hall–Kier alpha value is -7.04. The highest BCUT2D eigenvalue weighted by Gasteiger charge is 2.20. The average Bonchev–Trinajstić information content (AvgIpc) is 3.95. The number of para-hydroxylation sites is 4. The van der Waals surface area contributed by atoms with Crippen molar-refractivity contribution in [2.24, 2.45) is 0 Å². The quantitative estimate of drug-likeness (QED) is 0.188. The van der Waals surface area contributed by atoms with Crippen molar-refractivity contribution in [3.05, 3.63) is 170 Å². The molecule has 4 nitrogen and oxygen atoms in total. The summed E-state index contributed by atoms with van der Waals surface area (Å²) in [6.45, 7) is 0. The number of benzene rings is 8. The van der Waals surface area contributed by atoms with Crippen LogP contribution in [0.3, 0.4) is 0 Å². The summed E-state index contributed by atoms with van der Waals surface area (Å²) in [5.74, 6) is 0. The van der Waals surface area contributed by atoms with Crippen molar-refractivity contribution in [2.75, 3.05) is 4.90 Å². The van der Waals surface area contributed by atoms with E-state index in [0.717, 1.165) is 60.9 Å². The normalized spacial score (nSPS) is 12.2. The first-order chi connectivity index (χ1) is 25.8. The third-order valence-corrected chi connectivity index (χ3v) is 10.9. The molecule has 0 fully saturated rings. The summed E-state index contributed by atoms with van der Waals surface area (Å²) >= 11 is 0. The first-order valence-electron chi connectivity index (χ1n) is 17.7. The minimum atomic E-state index is 0.862. The standard InChI is InChI=1S/C48H28N2O2/c1-5-13-42-34(9-1)40-25-30(26-41-35-10-2-6-14-43(35)50(42)48(40)41)29-17-19-31(20-18-29)49(32-22-24-46-39(27-32)37-12-4-8-16-45(37)51-46)33-21-23-38-36-11-3-7-15-44(36)52-47(38)28-33/h1-28H. The Kier molecular flexibility index (Phi) is 5.47. The molecule has 0 saturated heterocycles. The lowest BCUT2D eigenvalue weighted by Gasteiger charge is -2.25. The molecule has 4 heterocycles. The van der Waals surface area contributed by atoms with Gasteiger partial charge in [-0.3, -0.25) is 0 Å². The van der Waals surface area contributed by atoms with Crippen LogP contribution in [0.25, 0.3) is 93.1 Å². The number of hydrogen-bond donors (Lipinski definition) is 0. The van der Waals surface area contributed by atoms with Crippen molar-refractivity contribution in [2.45, 2.75) is 0 Å². The predicted molar refractivity (Wildman–Crippen MR) is 216 cm³/mol. The van der Waals surface area contributed by atoms with Crippen LogP contribution in [0.1, 0.15) is 0 Å². The summed E-state index contributed by atoms with van der Waals surface area (Å²) in [5.41, 5.74) is 12.8. The Morgan fingerprint density at radius 2 is 0.827 bits per heavy atom. The van der Waals surface area contributed by atoms with E-state index in [9.17, 15) is 0 Å². The summed E-state index contributed by atoms with van der Waals surface area (Å²) in [5, 5.41) is 9.55. The summed E-state index contributed by atoms with van der Waals surface area (Å²) in [4.78, 5) is 2.31. The van der Waals surface area contributed by atoms with Crippen LogP contribution in [0.5, 0.6) is 0 Å². The monoisotopic (exact) mass is 664 g/mol. The molecule has 0 aliphatic heterocycles. The molecule has 0 aliphatic rings. The van der Waals surface area contributed by atoms with Crippen molar-refractivity contribution in [1.29, 1.82) is 0 Å². The molecule has 0 spiro atoms. The van der Waals surface area contributed by atoms with Gasteiger partial charge in [0.2, 0.25) is 0 Å². The number of hydrogen-bond acceptors (Lipinski definition) is 3. The number of anilines is 3. The number of rotatable bonds is 4. The Labute approximate surface area is 297 Å². The molecule has 0 atom stereocenters. The first kappa shape index (κ1) is 27.7. The molecule has 0 aliphatic carbocycles. The van der Waals surface area contributed by atoms with Crippen LogP contribution in [-0.2, 0) is 0 Å². The van der Waals surface area contributed by atoms with Gasteiger partial charge < -0.3 is 18.1 Å². The molecular weight excluding hydrogens is 637 g/mol. The highest BCUT2D eigenvalue weighted by molar-refractivity contribution is 6.24. The van der Waals surface area contributed by atoms with E-state index < -0.39 is 0 Å². The Bertz CT molecular complexity index is 3280. The summed E-state index contributed by atoms with van der Waals surface area (Å²) in [7, 11) is 0. The second-order valence-electron chi connectivity index (χ2n) is 13.7. The first-order valence-corrected chi connectivity index (χ1v) is 17.7. The van der Waals surface area contributed by atoms with Crippen LogP contribution in [0.2, 0.25) is 0 Å². The molecule has 52 heavy (non-hydrogen) atoms. The summed E-state index contributed by atoms with van der Waals surface area (Å²) in [6, 6.07) is 60.7. The highest BCUT2D eigenvalue weighted by atomic mass is 16.3. The van der Waals surface area contributed by atoms with Gasteiger partial charge in [-0.05, 0) is 90.0 Å². The zero-order valence-electron chi connectivity index (χ0n) is 27.9. The number of nitrogens with zero attached hydrogens (tertiary/aromatic N) is 2. The predicted octanol–water partition coefficient (Wildman–Crippen LogP) is 13.8. The van der Waals surface area contributed by atoms with Crippen molar-refractivity contribution in [3.8, 4) is 11.1 Å². The largest absolute Gasteiger partial charge is 0.456 e.